The topological polar surface area (TPSA) is 124 Å². The number of aryl methyl sites for hydroxylation is 1. The van der Waals surface area contributed by atoms with Crippen LogP contribution < -0.4 is 5.01 Å². The van der Waals surface area contributed by atoms with E-state index in [4.69, 9.17) is 0 Å². The summed E-state index contributed by atoms with van der Waals surface area (Å²) in [6.45, 7) is 6.91. The van der Waals surface area contributed by atoms with E-state index in [0.29, 0.717) is 24.5 Å². The second-order valence-electron chi connectivity index (χ2n) is 8.37. The van der Waals surface area contributed by atoms with Gasteiger partial charge in [0.1, 0.15) is 0 Å². The maximum atomic E-state index is 13.1. The minimum atomic E-state index is -3.64. The molecule has 1 aliphatic heterocycles. The van der Waals surface area contributed by atoms with Crippen molar-refractivity contribution < 1.29 is 18.0 Å². The van der Waals surface area contributed by atoms with E-state index in [1.807, 2.05) is 32.9 Å². The monoisotopic (exact) mass is 510 g/mol. The van der Waals surface area contributed by atoms with E-state index < -0.39 is 22.0 Å². The number of sulfonamides is 1. The molecule has 0 radical (unpaired) electrons. The van der Waals surface area contributed by atoms with Crippen LogP contribution in [0, 0.1) is 6.92 Å². The molecule has 0 saturated heterocycles. The molecule has 1 heterocycles. The lowest BCUT2D eigenvalue weighted by atomic mass is 10.2. The largest absolute Gasteiger partial charge is 0.282 e. The van der Waals surface area contributed by atoms with Gasteiger partial charge in [-0.1, -0.05) is 44.4 Å². The Morgan fingerprint density at radius 2 is 1.61 bits per heavy atom. The van der Waals surface area contributed by atoms with E-state index in [1.54, 1.807) is 12.1 Å². The number of anilines is 1. The van der Waals surface area contributed by atoms with Gasteiger partial charge < -0.3 is 0 Å². The van der Waals surface area contributed by atoms with Crippen molar-refractivity contribution in [2.75, 3.05) is 18.1 Å². The maximum absolute atomic E-state index is 13.1. The molecule has 0 aromatic heterocycles. The van der Waals surface area contributed by atoms with Crippen LogP contribution in [0.1, 0.15) is 45.1 Å². The SMILES string of the molecule is CCCCN(CCCC)S(=O)(=O)c1ccc(N=NC2C(=O)N(c3ccc(C)cc3)N=C2N=C=O)cc1. The molecule has 0 bridgehead atoms. The number of hydrazone groups is 1. The van der Waals surface area contributed by atoms with Gasteiger partial charge in [0.15, 0.2) is 5.84 Å². The van der Waals surface area contributed by atoms with Crippen LogP contribution in [-0.4, -0.2) is 49.7 Å². The third kappa shape index (κ3) is 6.37. The number of rotatable bonds is 11. The van der Waals surface area contributed by atoms with Crippen molar-refractivity contribution in [3.8, 4) is 0 Å². The van der Waals surface area contributed by atoms with Crippen LogP contribution in [0.3, 0.4) is 0 Å². The van der Waals surface area contributed by atoms with Crippen molar-refractivity contribution in [1.29, 1.82) is 0 Å². The average molecular weight is 511 g/mol. The molecular weight excluding hydrogens is 480 g/mol. The van der Waals surface area contributed by atoms with Crippen LogP contribution in [0.15, 0.2) is 73.7 Å². The number of nitrogens with zero attached hydrogens (tertiary/aromatic N) is 6. The summed E-state index contributed by atoms with van der Waals surface area (Å²) in [6.07, 6.45) is 4.78. The number of isocyanates is 1. The van der Waals surface area contributed by atoms with Gasteiger partial charge in [0.25, 0.3) is 5.91 Å². The maximum Gasteiger partial charge on any atom is 0.282 e. The van der Waals surface area contributed by atoms with Crippen molar-refractivity contribution in [3.05, 3.63) is 54.1 Å². The first-order chi connectivity index (χ1) is 17.3. The lowest BCUT2D eigenvalue weighted by Gasteiger charge is -2.22. The number of carbonyl (C=O) groups is 1. The zero-order chi connectivity index (χ0) is 26.1. The Kier molecular flexibility index (Phi) is 9.35. The van der Waals surface area contributed by atoms with Gasteiger partial charge in [0.05, 0.1) is 16.3 Å². The lowest BCUT2D eigenvalue weighted by Crippen LogP contribution is -2.33. The number of benzene rings is 2. The van der Waals surface area contributed by atoms with Crippen molar-refractivity contribution >= 4 is 39.2 Å². The number of aliphatic imine (C=N–C) groups is 1. The fourth-order valence-corrected chi connectivity index (χ4v) is 5.03. The molecule has 2 aromatic rings. The summed E-state index contributed by atoms with van der Waals surface area (Å²) >= 11 is 0. The quantitative estimate of drug-likeness (QED) is 0.246. The summed E-state index contributed by atoms with van der Waals surface area (Å²) in [4.78, 5) is 27.5. The predicted molar refractivity (Wildman–Crippen MR) is 138 cm³/mol. The number of amidine groups is 1. The highest BCUT2D eigenvalue weighted by molar-refractivity contribution is 7.89. The zero-order valence-electron chi connectivity index (χ0n) is 20.7. The number of hydrogen-bond acceptors (Lipinski definition) is 8. The lowest BCUT2D eigenvalue weighted by molar-refractivity contribution is -0.117. The molecule has 10 nitrogen and oxygen atoms in total. The highest BCUT2D eigenvalue weighted by Crippen LogP contribution is 2.25. The number of hydrogen-bond donors (Lipinski definition) is 0. The fourth-order valence-electron chi connectivity index (χ4n) is 3.51. The van der Waals surface area contributed by atoms with E-state index in [9.17, 15) is 18.0 Å². The summed E-state index contributed by atoms with van der Waals surface area (Å²) in [5, 5.41) is 13.3. The van der Waals surface area contributed by atoms with E-state index in [2.05, 4.69) is 20.3 Å². The van der Waals surface area contributed by atoms with Crippen LogP contribution in [-0.2, 0) is 19.6 Å². The van der Waals surface area contributed by atoms with Crippen molar-refractivity contribution in [2.45, 2.75) is 57.4 Å². The van der Waals surface area contributed by atoms with E-state index in [0.717, 1.165) is 36.3 Å². The predicted octanol–water partition coefficient (Wildman–Crippen LogP) is 4.73. The van der Waals surface area contributed by atoms with Gasteiger partial charge in [0, 0.05) is 13.1 Å². The minimum absolute atomic E-state index is 0.124. The van der Waals surface area contributed by atoms with Crippen LogP contribution in [0.5, 0.6) is 0 Å². The van der Waals surface area contributed by atoms with E-state index in [-0.39, 0.29) is 10.7 Å². The number of azo groups is 1. The molecule has 1 amide bonds. The van der Waals surface area contributed by atoms with Gasteiger partial charge in [-0.05, 0) is 56.2 Å². The first kappa shape index (κ1) is 27.1. The van der Waals surface area contributed by atoms with Gasteiger partial charge in [-0.25, -0.2) is 13.2 Å². The Balaban J connectivity index is 1.79. The molecule has 0 aliphatic carbocycles. The molecule has 0 saturated carbocycles. The molecule has 190 valence electrons. The molecule has 36 heavy (non-hydrogen) atoms. The third-order valence-corrected chi connectivity index (χ3v) is 7.53. The smallest absolute Gasteiger partial charge is 0.269 e. The fraction of sp³-hybridized carbons (Fsp3) is 0.400. The standard InChI is InChI=1S/C25H30N6O4S/c1-4-6-16-30(17-7-5-2)36(34,35)22-14-10-20(11-15-22)27-28-23-24(26-18-32)29-31(25(23)33)21-12-8-19(3)9-13-21/h8-15,23H,4-7,16-17H2,1-3H3. The van der Waals surface area contributed by atoms with Gasteiger partial charge >= 0.3 is 0 Å². The van der Waals surface area contributed by atoms with E-state index >= 15 is 0 Å². The molecule has 0 spiro atoms. The Morgan fingerprint density at radius 3 is 2.17 bits per heavy atom. The molecule has 1 aliphatic rings. The molecule has 3 rings (SSSR count). The molecule has 11 heteroatoms. The van der Waals surface area contributed by atoms with E-state index in [1.165, 1.54) is 34.7 Å². The summed E-state index contributed by atoms with van der Waals surface area (Å²) in [6, 6.07) is 11.9. The highest BCUT2D eigenvalue weighted by atomic mass is 32.2. The second kappa shape index (κ2) is 12.4. The normalized spacial score (nSPS) is 16.0. The zero-order valence-corrected chi connectivity index (χ0v) is 21.5. The van der Waals surface area contributed by atoms with Gasteiger partial charge in [-0.2, -0.15) is 19.5 Å². The van der Waals surface area contributed by atoms with Crippen LogP contribution >= 0.6 is 0 Å². The molecule has 1 atom stereocenters. The molecule has 0 N–H and O–H groups in total. The van der Waals surface area contributed by atoms with Crippen molar-refractivity contribution in [2.24, 2.45) is 20.3 Å². The molecule has 0 fully saturated rings. The molecule has 1 unspecified atom stereocenters. The van der Waals surface area contributed by atoms with Gasteiger partial charge in [-0.3, -0.25) is 4.79 Å². The Bertz CT molecular complexity index is 1260. The summed E-state index contributed by atoms with van der Waals surface area (Å²) < 4.78 is 27.8. The van der Waals surface area contributed by atoms with Crippen LogP contribution in [0.4, 0.5) is 11.4 Å². The van der Waals surface area contributed by atoms with Crippen LogP contribution in [0.2, 0.25) is 0 Å². The molecular formula is C25H30N6O4S. The Labute approximate surface area is 211 Å². The minimum Gasteiger partial charge on any atom is -0.269 e. The molecule has 2 aromatic carbocycles. The first-order valence-electron chi connectivity index (χ1n) is 11.9. The Hall–Kier alpha value is -3.53. The summed E-state index contributed by atoms with van der Waals surface area (Å²) in [5.74, 6) is -0.640. The van der Waals surface area contributed by atoms with Gasteiger partial charge in [-0.15, -0.1) is 10.1 Å². The number of carbonyl (C=O) groups excluding carboxylic acids is 2. The summed E-state index contributed by atoms with van der Waals surface area (Å²) in [5.41, 5.74) is 1.87. The first-order valence-corrected chi connectivity index (χ1v) is 13.3. The number of amides is 1. The second-order valence-corrected chi connectivity index (χ2v) is 10.3. The summed E-state index contributed by atoms with van der Waals surface area (Å²) in [7, 11) is -3.64. The average Bonchev–Trinajstić information content (AvgIpc) is 3.18. The Morgan fingerprint density at radius 1 is 1.00 bits per heavy atom. The highest BCUT2D eigenvalue weighted by Gasteiger charge is 2.37. The van der Waals surface area contributed by atoms with Crippen molar-refractivity contribution in [3.63, 3.8) is 0 Å². The number of unbranched alkanes of at least 4 members (excludes halogenated alkanes) is 2. The van der Waals surface area contributed by atoms with Crippen LogP contribution in [0.25, 0.3) is 0 Å². The van der Waals surface area contributed by atoms with Gasteiger partial charge in [0.2, 0.25) is 22.1 Å². The third-order valence-electron chi connectivity index (χ3n) is 5.61. The van der Waals surface area contributed by atoms with Crippen molar-refractivity contribution in [1.82, 2.24) is 4.31 Å².